The summed E-state index contributed by atoms with van der Waals surface area (Å²) in [5.41, 5.74) is 9.43. The van der Waals surface area contributed by atoms with Crippen molar-refractivity contribution in [3.8, 4) is 16.9 Å². The number of benzene rings is 1. The minimum absolute atomic E-state index is 0.169. The average molecular weight is 359 g/mol. The SMILES string of the molecule is Cc1nc2c(-c3ccc(OCC(C)CC(C)N)c(Cl)c3)ccnc2[nH]1. The predicted octanol–water partition coefficient (Wildman–Crippen LogP) is 4.34. The molecule has 3 rings (SSSR count). The molecule has 25 heavy (non-hydrogen) atoms. The molecule has 2 heterocycles. The third kappa shape index (κ3) is 4.11. The number of hydrogen-bond acceptors (Lipinski definition) is 4. The Morgan fingerprint density at radius 2 is 2.08 bits per heavy atom. The lowest BCUT2D eigenvalue weighted by Gasteiger charge is -2.16. The Balaban J connectivity index is 1.82. The standard InChI is InChI=1S/C19H23ClN4O/c1-11(8-12(2)21)10-25-17-5-4-14(9-16(17)20)15-6-7-22-19-18(15)23-13(3)24-19/h4-7,9,11-12H,8,10,21H2,1-3H3,(H,22,23,24). The van der Waals surface area contributed by atoms with Gasteiger partial charge in [-0.25, -0.2) is 9.97 Å². The van der Waals surface area contributed by atoms with Crippen molar-refractivity contribution in [1.82, 2.24) is 15.0 Å². The van der Waals surface area contributed by atoms with Crippen molar-refractivity contribution in [3.63, 3.8) is 0 Å². The molecule has 0 fully saturated rings. The third-order valence-electron chi connectivity index (χ3n) is 4.04. The molecule has 0 saturated heterocycles. The summed E-state index contributed by atoms with van der Waals surface area (Å²) in [6.07, 6.45) is 2.69. The van der Waals surface area contributed by atoms with Gasteiger partial charge in [-0.3, -0.25) is 0 Å². The number of fused-ring (bicyclic) bond motifs is 1. The van der Waals surface area contributed by atoms with Gasteiger partial charge in [-0.2, -0.15) is 0 Å². The van der Waals surface area contributed by atoms with Gasteiger partial charge in [0.25, 0.3) is 0 Å². The Morgan fingerprint density at radius 3 is 2.80 bits per heavy atom. The number of aromatic amines is 1. The zero-order valence-corrected chi connectivity index (χ0v) is 15.5. The lowest BCUT2D eigenvalue weighted by Crippen LogP contribution is -2.21. The lowest BCUT2D eigenvalue weighted by molar-refractivity contribution is 0.246. The summed E-state index contributed by atoms with van der Waals surface area (Å²) in [5, 5.41) is 0.586. The molecule has 2 unspecified atom stereocenters. The summed E-state index contributed by atoms with van der Waals surface area (Å²) < 4.78 is 5.86. The van der Waals surface area contributed by atoms with Gasteiger partial charge in [0.05, 0.1) is 11.6 Å². The molecule has 0 radical (unpaired) electrons. The van der Waals surface area contributed by atoms with Crippen LogP contribution in [0.3, 0.4) is 0 Å². The van der Waals surface area contributed by atoms with Crippen molar-refractivity contribution in [3.05, 3.63) is 41.3 Å². The number of pyridine rings is 1. The Labute approximate surface area is 152 Å². The van der Waals surface area contributed by atoms with Gasteiger partial charge >= 0.3 is 0 Å². The molecule has 2 aromatic heterocycles. The van der Waals surface area contributed by atoms with Crippen LogP contribution < -0.4 is 10.5 Å². The first-order chi connectivity index (χ1) is 11.9. The highest BCUT2D eigenvalue weighted by Gasteiger charge is 2.12. The Kier molecular flexibility index (Phi) is 5.25. The number of rotatable bonds is 6. The molecule has 0 aliphatic rings. The van der Waals surface area contributed by atoms with E-state index >= 15 is 0 Å². The Morgan fingerprint density at radius 1 is 1.28 bits per heavy atom. The van der Waals surface area contributed by atoms with Crippen molar-refractivity contribution in [2.75, 3.05) is 6.61 Å². The topological polar surface area (TPSA) is 76.8 Å². The van der Waals surface area contributed by atoms with Crippen LogP contribution in [-0.2, 0) is 0 Å². The van der Waals surface area contributed by atoms with E-state index in [4.69, 9.17) is 22.1 Å². The van der Waals surface area contributed by atoms with Crippen molar-refractivity contribution >= 4 is 22.8 Å². The molecule has 3 N–H and O–H groups in total. The molecule has 0 amide bonds. The number of nitrogens with one attached hydrogen (secondary N) is 1. The second-order valence-corrected chi connectivity index (χ2v) is 7.06. The minimum Gasteiger partial charge on any atom is -0.492 e. The number of H-pyrrole nitrogens is 1. The van der Waals surface area contributed by atoms with Crippen molar-refractivity contribution in [2.45, 2.75) is 33.2 Å². The summed E-state index contributed by atoms with van der Waals surface area (Å²) in [5.74, 6) is 1.90. The van der Waals surface area contributed by atoms with E-state index in [9.17, 15) is 0 Å². The second-order valence-electron chi connectivity index (χ2n) is 6.65. The summed E-state index contributed by atoms with van der Waals surface area (Å²) in [6, 6.07) is 7.92. The third-order valence-corrected chi connectivity index (χ3v) is 4.34. The normalized spacial score (nSPS) is 13.8. The number of aromatic nitrogens is 3. The summed E-state index contributed by atoms with van der Waals surface area (Å²) in [4.78, 5) is 12.0. The van der Waals surface area contributed by atoms with Gasteiger partial charge in [-0.1, -0.05) is 24.6 Å². The highest BCUT2D eigenvalue weighted by Crippen LogP contribution is 2.33. The monoisotopic (exact) mass is 358 g/mol. The van der Waals surface area contributed by atoms with Crippen molar-refractivity contribution < 1.29 is 4.74 Å². The number of aryl methyl sites for hydroxylation is 1. The van der Waals surface area contributed by atoms with Gasteiger partial charge < -0.3 is 15.5 Å². The van der Waals surface area contributed by atoms with Crippen LogP contribution in [0, 0.1) is 12.8 Å². The number of nitrogens with two attached hydrogens (primary N) is 1. The van der Waals surface area contributed by atoms with Gasteiger partial charge in [0.2, 0.25) is 0 Å². The smallest absolute Gasteiger partial charge is 0.157 e. The van der Waals surface area contributed by atoms with Crippen LogP contribution in [0.25, 0.3) is 22.3 Å². The van der Waals surface area contributed by atoms with E-state index in [1.165, 1.54) is 0 Å². The van der Waals surface area contributed by atoms with Gasteiger partial charge in [0.1, 0.15) is 17.1 Å². The molecular formula is C19H23ClN4O. The number of hydrogen-bond donors (Lipinski definition) is 2. The zero-order valence-electron chi connectivity index (χ0n) is 14.7. The van der Waals surface area contributed by atoms with Gasteiger partial charge in [-0.15, -0.1) is 0 Å². The molecule has 0 aliphatic heterocycles. The van der Waals surface area contributed by atoms with Gasteiger partial charge in [-0.05, 0) is 49.9 Å². The number of ether oxygens (including phenoxy) is 1. The van der Waals surface area contributed by atoms with E-state index < -0.39 is 0 Å². The van der Waals surface area contributed by atoms with E-state index in [1.54, 1.807) is 6.20 Å². The first kappa shape index (κ1) is 17.7. The average Bonchev–Trinajstić information content (AvgIpc) is 2.93. The quantitative estimate of drug-likeness (QED) is 0.687. The molecule has 0 spiro atoms. The van der Waals surface area contributed by atoms with Crippen LogP contribution in [0.1, 0.15) is 26.1 Å². The molecule has 3 aromatic rings. The number of halogens is 1. The highest BCUT2D eigenvalue weighted by atomic mass is 35.5. The fraction of sp³-hybridized carbons (Fsp3) is 0.368. The van der Waals surface area contributed by atoms with E-state index in [0.717, 1.165) is 34.5 Å². The molecule has 0 aliphatic carbocycles. The van der Waals surface area contributed by atoms with E-state index in [0.29, 0.717) is 23.3 Å². The predicted molar refractivity (Wildman–Crippen MR) is 102 cm³/mol. The van der Waals surface area contributed by atoms with E-state index in [2.05, 4.69) is 21.9 Å². The van der Waals surface area contributed by atoms with Gasteiger partial charge in [0, 0.05) is 17.8 Å². The molecule has 132 valence electrons. The molecular weight excluding hydrogens is 336 g/mol. The maximum atomic E-state index is 6.43. The first-order valence-corrected chi connectivity index (χ1v) is 8.81. The molecule has 0 saturated carbocycles. The van der Waals surface area contributed by atoms with Crippen molar-refractivity contribution in [2.24, 2.45) is 11.7 Å². The van der Waals surface area contributed by atoms with Crippen LogP contribution in [0.5, 0.6) is 5.75 Å². The number of imidazole rings is 1. The summed E-state index contributed by atoms with van der Waals surface area (Å²) in [6.45, 7) is 6.64. The molecule has 5 nitrogen and oxygen atoms in total. The highest BCUT2D eigenvalue weighted by molar-refractivity contribution is 6.32. The molecule has 1 aromatic carbocycles. The summed E-state index contributed by atoms with van der Waals surface area (Å²) in [7, 11) is 0. The maximum Gasteiger partial charge on any atom is 0.157 e. The lowest BCUT2D eigenvalue weighted by atomic mass is 10.0. The maximum absolute atomic E-state index is 6.43. The van der Waals surface area contributed by atoms with Crippen LogP contribution in [0.15, 0.2) is 30.5 Å². The fourth-order valence-corrected chi connectivity index (χ4v) is 3.21. The Bertz CT molecular complexity index is 875. The number of nitrogens with zero attached hydrogens (tertiary/aromatic N) is 2. The van der Waals surface area contributed by atoms with Crippen LogP contribution in [-0.4, -0.2) is 27.6 Å². The minimum atomic E-state index is 0.169. The van der Waals surface area contributed by atoms with Crippen LogP contribution in [0.4, 0.5) is 0 Å². The Hall–Kier alpha value is -2.11. The largest absolute Gasteiger partial charge is 0.492 e. The summed E-state index contributed by atoms with van der Waals surface area (Å²) >= 11 is 6.43. The second kappa shape index (κ2) is 7.42. The van der Waals surface area contributed by atoms with Crippen LogP contribution >= 0.6 is 11.6 Å². The molecule has 2 atom stereocenters. The molecule has 0 bridgehead atoms. The van der Waals surface area contributed by atoms with Crippen molar-refractivity contribution in [1.29, 1.82) is 0 Å². The van der Waals surface area contributed by atoms with Crippen LogP contribution in [0.2, 0.25) is 5.02 Å². The van der Waals surface area contributed by atoms with E-state index in [-0.39, 0.29) is 6.04 Å². The van der Waals surface area contributed by atoms with Gasteiger partial charge in [0.15, 0.2) is 5.65 Å². The zero-order chi connectivity index (χ0) is 18.0. The van der Waals surface area contributed by atoms with E-state index in [1.807, 2.05) is 38.1 Å². The fourth-order valence-electron chi connectivity index (χ4n) is 2.98. The molecule has 6 heteroatoms. The first-order valence-electron chi connectivity index (χ1n) is 8.43.